The van der Waals surface area contributed by atoms with E-state index in [4.69, 9.17) is 42.5 Å². The molecule has 6 N–H and O–H groups in total. The lowest BCUT2D eigenvalue weighted by atomic mass is 9.73. The Bertz CT molecular complexity index is 1360. The largest absolute Gasteiger partial charge is 0.481 e. The number of aromatic nitrogens is 5. The van der Waals surface area contributed by atoms with Gasteiger partial charge in [0, 0.05) is 10.6 Å². The third-order valence-corrected chi connectivity index (χ3v) is 4.73. The van der Waals surface area contributed by atoms with E-state index in [1.165, 1.54) is 12.4 Å². The zero-order valence-electron chi connectivity index (χ0n) is 17.2. The van der Waals surface area contributed by atoms with Crippen molar-refractivity contribution in [1.29, 1.82) is 0 Å². The van der Waals surface area contributed by atoms with Gasteiger partial charge in [0.2, 0.25) is 0 Å². The zero-order valence-corrected chi connectivity index (χ0v) is 18.0. The summed E-state index contributed by atoms with van der Waals surface area (Å²) in [5.74, 6) is -0.492. The summed E-state index contributed by atoms with van der Waals surface area (Å²) >= 11 is 6.12. The first-order valence-corrected chi connectivity index (χ1v) is 9.83. The van der Waals surface area contributed by atoms with E-state index in [2.05, 4.69) is 20.1 Å². The fraction of sp³-hybridized carbons (Fsp3) is 0.158. The van der Waals surface area contributed by atoms with E-state index in [-0.39, 0.29) is 35.1 Å². The Morgan fingerprint density at radius 2 is 1.85 bits per heavy atom. The Morgan fingerprint density at radius 3 is 2.50 bits per heavy atom. The van der Waals surface area contributed by atoms with Gasteiger partial charge >= 0.3 is 6.16 Å². The SMILES string of the molecule is [B]C([B])(O)n1cnc(COc2c(OC(O)(O)O)cc(-c3cccc(Cl)c3)c3ncnc(N)c23)n1. The minimum atomic E-state index is -3.56. The van der Waals surface area contributed by atoms with Gasteiger partial charge in [-0.3, -0.25) is 0 Å². The van der Waals surface area contributed by atoms with Crippen LogP contribution in [0.25, 0.3) is 22.0 Å². The van der Waals surface area contributed by atoms with Crippen LogP contribution in [0.3, 0.4) is 0 Å². The summed E-state index contributed by atoms with van der Waals surface area (Å²) in [6, 6.07) is 8.08. The van der Waals surface area contributed by atoms with Crippen molar-refractivity contribution >= 4 is 44.0 Å². The Morgan fingerprint density at radius 1 is 1.09 bits per heavy atom. The van der Waals surface area contributed by atoms with Crippen LogP contribution in [0, 0.1) is 0 Å². The molecule has 0 aliphatic heterocycles. The highest BCUT2D eigenvalue weighted by molar-refractivity contribution is 6.36. The topological polar surface area (TPSA) is 182 Å². The summed E-state index contributed by atoms with van der Waals surface area (Å²) in [5, 5.41) is 42.5. The van der Waals surface area contributed by atoms with Crippen LogP contribution < -0.4 is 15.2 Å². The van der Waals surface area contributed by atoms with Crippen LogP contribution in [0.2, 0.25) is 5.02 Å². The second-order valence-electron chi connectivity index (χ2n) is 7.10. The summed E-state index contributed by atoms with van der Waals surface area (Å²) in [5.41, 5.74) is 5.12. The maximum Gasteiger partial charge on any atom is 0.453 e. The summed E-state index contributed by atoms with van der Waals surface area (Å²) in [6.45, 7) is -0.339. The first-order valence-electron chi connectivity index (χ1n) is 9.45. The number of aliphatic hydroxyl groups is 4. The monoisotopic (exact) mass is 480 g/mol. The first-order chi connectivity index (χ1) is 15.9. The van der Waals surface area contributed by atoms with Crippen molar-refractivity contribution in [1.82, 2.24) is 24.7 Å². The predicted octanol–water partition coefficient (Wildman–Crippen LogP) is -0.433. The van der Waals surface area contributed by atoms with Gasteiger partial charge in [0.1, 0.15) is 40.8 Å². The van der Waals surface area contributed by atoms with Crippen molar-refractivity contribution in [2.45, 2.75) is 18.3 Å². The third kappa shape index (κ3) is 5.05. The van der Waals surface area contributed by atoms with Gasteiger partial charge in [-0.15, -0.1) is 0 Å². The highest BCUT2D eigenvalue weighted by Crippen LogP contribution is 2.44. The van der Waals surface area contributed by atoms with Crippen molar-refractivity contribution in [3.05, 3.63) is 53.8 Å². The number of benzene rings is 2. The molecule has 2 aromatic carbocycles. The lowest BCUT2D eigenvalue weighted by molar-refractivity contribution is -0.419. The van der Waals surface area contributed by atoms with Crippen LogP contribution >= 0.6 is 11.6 Å². The maximum absolute atomic E-state index is 9.62. The molecule has 0 spiro atoms. The number of anilines is 1. The number of halogens is 1. The van der Waals surface area contributed by atoms with E-state index in [9.17, 15) is 20.4 Å². The molecule has 4 aromatic rings. The molecule has 0 aliphatic carbocycles. The summed E-state index contributed by atoms with van der Waals surface area (Å²) < 4.78 is 11.5. The van der Waals surface area contributed by atoms with Crippen LogP contribution in [-0.4, -0.2) is 67.0 Å². The van der Waals surface area contributed by atoms with Crippen molar-refractivity contribution in [3.63, 3.8) is 0 Å². The molecule has 2 aromatic heterocycles. The molecular formula is C19H15B2ClN6O6. The lowest BCUT2D eigenvalue weighted by Crippen LogP contribution is -2.35. The van der Waals surface area contributed by atoms with E-state index in [0.717, 1.165) is 11.0 Å². The molecule has 12 nitrogen and oxygen atoms in total. The van der Waals surface area contributed by atoms with Crippen molar-refractivity contribution < 1.29 is 29.9 Å². The summed E-state index contributed by atoms with van der Waals surface area (Å²) in [4.78, 5) is 12.2. The van der Waals surface area contributed by atoms with E-state index < -0.39 is 11.7 Å². The van der Waals surface area contributed by atoms with Crippen LogP contribution in [0.15, 0.2) is 43.0 Å². The Balaban J connectivity index is 1.86. The fourth-order valence-corrected chi connectivity index (χ4v) is 3.32. The second-order valence-corrected chi connectivity index (χ2v) is 7.53. The molecule has 15 heteroatoms. The van der Waals surface area contributed by atoms with Crippen LogP contribution in [0.4, 0.5) is 5.82 Å². The van der Waals surface area contributed by atoms with Gasteiger partial charge in [0.15, 0.2) is 17.3 Å². The molecule has 0 bridgehead atoms. The Kier molecular flexibility index (Phi) is 6.10. The van der Waals surface area contributed by atoms with Crippen molar-refractivity contribution in [3.8, 4) is 22.6 Å². The molecule has 4 radical (unpaired) electrons. The normalized spacial score (nSPS) is 12.1. The minimum Gasteiger partial charge on any atom is -0.481 e. The van der Waals surface area contributed by atoms with Crippen molar-refractivity contribution in [2.75, 3.05) is 5.73 Å². The molecule has 0 saturated heterocycles. The minimum absolute atomic E-state index is 0.0334. The smallest absolute Gasteiger partial charge is 0.453 e. The fourth-order valence-electron chi connectivity index (χ4n) is 3.13. The van der Waals surface area contributed by atoms with E-state index in [1.807, 2.05) is 0 Å². The molecule has 0 unspecified atom stereocenters. The number of rotatable bonds is 7. The summed E-state index contributed by atoms with van der Waals surface area (Å²) in [6.07, 6.45) is -1.25. The van der Waals surface area contributed by atoms with Crippen LogP contribution in [0.5, 0.6) is 11.5 Å². The number of nitrogens with two attached hydrogens (primary N) is 1. The predicted molar refractivity (Wildman–Crippen MR) is 120 cm³/mol. The van der Waals surface area contributed by atoms with Crippen molar-refractivity contribution in [2.24, 2.45) is 0 Å². The third-order valence-electron chi connectivity index (χ3n) is 4.49. The molecule has 0 aliphatic rings. The Labute approximate surface area is 199 Å². The standard InChI is InChI=1S/C19H15B2ClN6O6/c20-18(21,29)28-8-26-13(27-28)6-33-16-12(34-19(30,31)32)5-11(9-2-1-3-10(22)4-9)15-14(16)17(23)25-7-24-15/h1-5,7-8,29-32H,6H2,(H2,23,24,25). The molecule has 0 atom stereocenters. The zero-order chi connectivity index (χ0) is 24.7. The first kappa shape index (κ1) is 23.7. The van der Waals surface area contributed by atoms with E-state index in [1.54, 1.807) is 24.3 Å². The molecule has 0 amide bonds. The van der Waals surface area contributed by atoms with Gasteiger partial charge in [-0.25, -0.2) is 19.6 Å². The average molecular weight is 480 g/mol. The van der Waals surface area contributed by atoms with Crippen LogP contribution in [0.1, 0.15) is 5.82 Å². The highest BCUT2D eigenvalue weighted by atomic mass is 35.5. The number of fused-ring (bicyclic) bond motifs is 1. The number of hydrogen-bond donors (Lipinski definition) is 5. The molecular weight excluding hydrogens is 465 g/mol. The summed E-state index contributed by atoms with van der Waals surface area (Å²) in [7, 11) is 10.7. The van der Waals surface area contributed by atoms with E-state index in [0.29, 0.717) is 21.7 Å². The molecule has 34 heavy (non-hydrogen) atoms. The molecule has 2 heterocycles. The van der Waals surface area contributed by atoms with Gasteiger partial charge in [-0.1, -0.05) is 23.7 Å². The molecule has 0 fully saturated rings. The van der Waals surface area contributed by atoms with Gasteiger partial charge in [0.05, 0.1) is 16.4 Å². The molecule has 0 saturated carbocycles. The lowest BCUT2D eigenvalue weighted by Gasteiger charge is -2.21. The van der Waals surface area contributed by atoms with Gasteiger partial charge < -0.3 is 35.6 Å². The maximum atomic E-state index is 9.62. The second kappa shape index (κ2) is 8.74. The van der Waals surface area contributed by atoms with Gasteiger partial charge in [-0.05, 0) is 23.8 Å². The number of nitrogens with zero attached hydrogens (tertiary/aromatic N) is 5. The number of nitrogen functional groups attached to an aromatic ring is 1. The Hall–Kier alpha value is -3.42. The van der Waals surface area contributed by atoms with Gasteiger partial charge in [0.25, 0.3) is 0 Å². The number of hydrogen-bond acceptors (Lipinski definition) is 11. The number of ether oxygens (including phenoxy) is 2. The van der Waals surface area contributed by atoms with E-state index >= 15 is 0 Å². The quantitative estimate of drug-likeness (QED) is 0.171. The highest BCUT2D eigenvalue weighted by Gasteiger charge is 2.28. The molecule has 170 valence electrons. The van der Waals surface area contributed by atoms with Crippen LogP contribution in [-0.2, 0) is 12.1 Å². The average Bonchev–Trinajstić information content (AvgIpc) is 3.21. The molecule has 4 rings (SSSR count). The van der Waals surface area contributed by atoms with Gasteiger partial charge in [-0.2, -0.15) is 5.10 Å².